The molecule has 1 aromatic heterocycles. The molecule has 0 bridgehead atoms. The molecule has 0 fully saturated rings. The van der Waals surface area contributed by atoms with Gasteiger partial charge in [-0.25, -0.2) is 9.07 Å². The molecule has 0 saturated heterocycles. The zero-order valence-corrected chi connectivity index (χ0v) is 15.6. The van der Waals surface area contributed by atoms with Crippen LogP contribution in [-0.2, 0) is 20.7 Å². The summed E-state index contributed by atoms with van der Waals surface area (Å²) in [4.78, 5) is 24.1. The van der Waals surface area contributed by atoms with E-state index in [9.17, 15) is 14.0 Å². The van der Waals surface area contributed by atoms with Crippen LogP contribution in [0.25, 0.3) is 5.69 Å². The molecule has 0 spiro atoms. The highest BCUT2D eigenvalue weighted by Crippen LogP contribution is 2.18. The summed E-state index contributed by atoms with van der Waals surface area (Å²) < 4.78 is 20.0. The maximum Gasteiger partial charge on any atom is 0.310 e. The molecule has 3 rings (SSSR count). The predicted octanol–water partition coefficient (Wildman–Crippen LogP) is 3.35. The molecule has 0 radical (unpaired) electrons. The maximum atomic E-state index is 13.1. The molecule has 6 nitrogen and oxygen atoms in total. The number of carbonyl (C=O) groups is 2. The minimum absolute atomic E-state index is 0.0117. The van der Waals surface area contributed by atoms with E-state index in [2.05, 4.69) is 10.4 Å². The van der Waals surface area contributed by atoms with Crippen LogP contribution in [0.2, 0.25) is 0 Å². The Kier molecular flexibility index (Phi) is 5.84. The van der Waals surface area contributed by atoms with Crippen LogP contribution in [0.4, 0.5) is 10.1 Å². The van der Waals surface area contributed by atoms with E-state index in [0.717, 1.165) is 22.6 Å². The molecule has 28 heavy (non-hydrogen) atoms. The summed E-state index contributed by atoms with van der Waals surface area (Å²) in [6.07, 6.45) is 0.0117. The number of hydrogen-bond acceptors (Lipinski definition) is 4. The predicted molar refractivity (Wildman–Crippen MR) is 103 cm³/mol. The first-order chi connectivity index (χ1) is 13.4. The number of halogens is 1. The van der Waals surface area contributed by atoms with Crippen molar-refractivity contribution in [2.75, 3.05) is 11.9 Å². The van der Waals surface area contributed by atoms with Crippen molar-refractivity contribution in [2.24, 2.45) is 0 Å². The summed E-state index contributed by atoms with van der Waals surface area (Å²) in [7, 11) is 0. The topological polar surface area (TPSA) is 73.2 Å². The van der Waals surface area contributed by atoms with Crippen molar-refractivity contribution in [2.45, 2.75) is 20.3 Å². The monoisotopic (exact) mass is 381 g/mol. The third-order valence-corrected chi connectivity index (χ3v) is 4.24. The molecule has 2 aromatic carbocycles. The normalized spacial score (nSPS) is 10.5. The average Bonchev–Trinajstić information content (AvgIpc) is 2.95. The fourth-order valence-electron chi connectivity index (χ4n) is 2.86. The van der Waals surface area contributed by atoms with Crippen molar-refractivity contribution >= 4 is 17.6 Å². The number of rotatable bonds is 6. The van der Waals surface area contributed by atoms with E-state index in [1.807, 2.05) is 44.2 Å². The van der Waals surface area contributed by atoms with Crippen molar-refractivity contribution in [3.05, 3.63) is 77.4 Å². The Hall–Kier alpha value is -3.48. The van der Waals surface area contributed by atoms with Crippen molar-refractivity contribution in [3.63, 3.8) is 0 Å². The van der Waals surface area contributed by atoms with Gasteiger partial charge in [0.05, 0.1) is 17.8 Å². The Labute approximate surface area is 161 Å². The fourth-order valence-corrected chi connectivity index (χ4v) is 2.86. The van der Waals surface area contributed by atoms with Crippen LogP contribution in [0.1, 0.15) is 17.0 Å². The third kappa shape index (κ3) is 4.62. The fraction of sp³-hybridized carbons (Fsp3) is 0.190. The van der Waals surface area contributed by atoms with Gasteiger partial charge in [0.2, 0.25) is 0 Å². The molecule has 144 valence electrons. The first kappa shape index (κ1) is 19.3. The zero-order chi connectivity index (χ0) is 20.1. The summed E-state index contributed by atoms with van der Waals surface area (Å²) in [5.74, 6) is -1.53. The quantitative estimate of drug-likeness (QED) is 0.665. The summed E-state index contributed by atoms with van der Waals surface area (Å²) in [5, 5.41) is 6.96. The molecular weight excluding hydrogens is 361 g/mol. The van der Waals surface area contributed by atoms with Gasteiger partial charge in [-0.15, -0.1) is 0 Å². The minimum Gasteiger partial charge on any atom is -0.455 e. The number of nitrogens with one attached hydrogen (secondary N) is 1. The molecule has 0 unspecified atom stereocenters. The number of esters is 1. The summed E-state index contributed by atoms with van der Waals surface area (Å²) >= 11 is 0. The third-order valence-electron chi connectivity index (χ3n) is 4.24. The van der Waals surface area contributed by atoms with Gasteiger partial charge in [-0.2, -0.15) is 5.10 Å². The highest BCUT2D eigenvalue weighted by Gasteiger charge is 2.17. The van der Waals surface area contributed by atoms with Crippen molar-refractivity contribution in [1.82, 2.24) is 9.78 Å². The lowest BCUT2D eigenvalue weighted by atomic mass is 10.1. The lowest BCUT2D eigenvalue weighted by Crippen LogP contribution is -2.21. The molecule has 0 aliphatic carbocycles. The van der Waals surface area contributed by atoms with Gasteiger partial charge in [0, 0.05) is 16.9 Å². The number of hydrogen-bond donors (Lipinski definition) is 1. The molecular formula is C21H20FN3O3. The second kappa shape index (κ2) is 8.47. The molecule has 1 heterocycles. The molecule has 1 amide bonds. The van der Waals surface area contributed by atoms with Gasteiger partial charge in [0.15, 0.2) is 6.61 Å². The number of aromatic nitrogens is 2. The van der Waals surface area contributed by atoms with Crippen molar-refractivity contribution < 1.29 is 18.7 Å². The molecule has 0 saturated carbocycles. The Morgan fingerprint density at radius 1 is 1.11 bits per heavy atom. The average molecular weight is 381 g/mol. The van der Waals surface area contributed by atoms with Crippen molar-refractivity contribution in [1.29, 1.82) is 0 Å². The molecule has 7 heteroatoms. The van der Waals surface area contributed by atoms with E-state index in [1.54, 1.807) is 10.7 Å². The van der Waals surface area contributed by atoms with Crippen LogP contribution in [0, 0.1) is 19.7 Å². The van der Waals surface area contributed by atoms with Crippen LogP contribution in [0.3, 0.4) is 0 Å². The van der Waals surface area contributed by atoms with Gasteiger partial charge in [0.25, 0.3) is 5.91 Å². The smallest absolute Gasteiger partial charge is 0.310 e. The van der Waals surface area contributed by atoms with E-state index >= 15 is 0 Å². The van der Waals surface area contributed by atoms with Gasteiger partial charge in [0.1, 0.15) is 5.82 Å². The molecule has 0 aliphatic heterocycles. The number of anilines is 1. The number of ether oxygens (including phenoxy) is 1. The van der Waals surface area contributed by atoms with Crippen molar-refractivity contribution in [3.8, 4) is 5.69 Å². The minimum atomic E-state index is -0.535. The van der Waals surface area contributed by atoms with E-state index < -0.39 is 24.3 Å². The largest absolute Gasteiger partial charge is 0.455 e. The van der Waals surface area contributed by atoms with E-state index in [-0.39, 0.29) is 6.42 Å². The lowest BCUT2D eigenvalue weighted by Gasteiger charge is -2.07. The van der Waals surface area contributed by atoms with Gasteiger partial charge >= 0.3 is 5.97 Å². The Morgan fingerprint density at radius 3 is 2.57 bits per heavy atom. The number of benzene rings is 2. The number of para-hydroxylation sites is 1. The highest BCUT2D eigenvalue weighted by molar-refractivity contribution is 5.92. The summed E-state index contributed by atoms with van der Waals surface area (Å²) in [5.41, 5.74) is 3.53. The van der Waals surface area contributed by atoms with Crippen LogP contribution in [0.5, 0.6) is 0 Å². The van der Waals surface area contributed by atoms with Crippen LogP contribution in [0.15, 0.2) is 54.6 Å². The number of aryl methyl sites for hydroxylation is 1. The molecule has 0 aliphatic rings. The maximum absolute atomic E-state index is 13.1. The Balaban J connectivity index is 1.59. The van der Waals surface area contributed by atoms with Gasteiger partial charge in [-0.1, -0.05) is 24.3 Å². The Bertz CT molecular complexity index is 999. The summed E-state index contributed by atoms with van der Waals surface area (Å²) in [6.45, 7) is 3.26. The van der Waals surface area contributed by atoms with Gasteiger partial charge in [-0.05, 0) is 44.2 Å². The molecule has 1 N–H and O–H groups in total. The first-order valence-electron chi connectivity index (χ1n) is 8.75. The number of nitrogens with zero attached hydrogens (tertiary/aromatic N) is 2. The highest BCUT2D eigenvalue weighted by atomic mass is 19.1. The standard InChI is InChI=1S/C21H20FN3O3/c1-14-19(15(2)25(24-14)18-9-4-3-5-10-18)12-21(27)28-13-20(26)23-17-8-6-7-16(22)11-17/h3-11H,12-13H2,1-2H3,(H,23,26). The molecule has 0 atom stereocenters. The van der Waals surface area contributed by atoms with Crippen LogP contribution in [-0.4, -0.2) is 28.3 Å². The van der Waals surface area contributed by atoms with E-state index in [4.69, 9.17) is 4.74 Å². The second-order valence-electron chi connectivity index (χ2n) is 6.29. The number of amides is 1. The van der Waals surface area contributed by atoms with Gasteiger partial charge in [-0.3, -0.25) is 9.59 Å². The van der Waals surface area contributed by atoms with E-state index in [0.29, 0.717) is 5.69 Å². The lowest BCUT2D eigenvalue weighted by molar-refractivity contribution is -0.146. The Morgan fingerprint density at radius 2 is 1.86 bits per heavy atom. The van der Waals surface area contributed by atoms with Crippen LogP contribution >= 0.6 is 0 Å². The van der Waals surface area contributed by atoms with Gasteiger partial charge < -0.3 is 10.1 Å². The second-order valence-corrected chi connectivity index (χ2v) is 6.29. The summed E-state index contributed by atoms with van der Waals surface area (Å²) in [6, 6.07) is 15.1. The zero-order valence-electron chi connectivity index (χ0n) is 15.6. The van der Waals surface area contributed by atoms with E-state index in [1.165, 1.54) is 18.2 Å². The molecule has 3 aromatic rings. The van der Waals surface area contributed by atoms with Crippen LogP contribution < -0.4 is 5.32 Å². The SMILES string of the molecule is Cc1nn(-c2ccccc2)c(C)c1CC(=O)OCC(=O)Nc1cccc(F)c1. The number of carbonyl (C=O) groups excluding carboxylic acids is 2. The first-order valence-corrected chi connectivity index (χ1v) is 8.75.